The van der Waals surface area contributed by atoms with Gasteiger partial charge >= 0.3 is 6.03 Å². The smallest absolute Gasteiger partial charge is 0.318 e. The highest BCUT2D eigenvalue weighted by atomic mass is 32.1. The topological polar surface area (TPSA) is 83.1 Å². The summed E-state index contributed by atoms with van der Waals surface area (Å²) in [5, 5.41) is 8.31. The van der Waals surface area contributed by atoms with Gasteiger partial charge in [-0.3, -0.25) is 4.79 Å². The number of nitrogens with zero attached hydrogens (tertiary/aromatic N) is 1. The van der Waals surface area contributed by atoms with Crippen LogP contribution in [0.4, 0.5) is 15.6 Å². The van der Waals surface area contributed by atoms with Gasteiger partial charge in [-0.1, -0.05) is 11.3 Å². The number of amides is 3. The summed E-state index contributed by atoms with van der Waals surface area (Å²) in [6, 6.07) is 5.11. The number of fused-ring (bicyclic) bond motifs is 1. The molecule has 0 radical (unpaired) electrons. The molecule has 3 N–H and O–H groups in total. The molecule has 94 valence electrons. The fraction of sp³-hybridized carbons (Fsp3) is 0.182. The number of carbonyl (C=O) groups is 2. The molecule has 2 rings (SSSR count). The Kier molecular flexibility index (Phi) is 3.42. The van der Waals surface area contributed by atoms with Crippen molar-refractivity contribution in [3.05, 3.63) is 18.2 Å². The van der Waals surface area contributed by atoms with Crippen molar-refractivity contribution in [2.45, 2.75) is 6.92 Å². The summed E-state index contributed by atoms with van der Waals surface area (Å²) in [5.74, 6) is -0.155. The predicted molar refractivity (Wildman–Crippen MR) is 72.0 cm³/mol. The van der Waals surface area contributed by atoms with Gasteiger partial charge in [-0.05, 0) is 18.2 Å². The van der Waals surface area contributed by atoms with Gasteiger partial charge in [-0.15, -0.1) is 0 Å². The van der Waals surface area contributed by atoms with E-state index < -0.39 is 0 Å². The monoisotopic (exact) mass is 264 g/mol. The van der Waals surface area contributed by atoms with Crippen molar-refractivity contribution < 1.29 is 9.59 Å². The molecule has 0 spiro atoms. The molecule has 0 aliphatic rings. The zero-order valence-electron chi connectivity index (χ0n) is 9.90. The maximum atomic E-state index is 11.2. The lowest BCUT2D eigenvalue weighted by Crippen LogP contribution is -2.24. The van der Waals surface area contributed by atoms with Gasteiger partial charge in [0, 0.05) is 19.7 Å². The summed E-state index contributed by atoms with van der Waals surface area (Å²) in [4.78, 5) is 26.4. The third kappa shape index (κ3) is 2.75. The average Bonchev–Trinajstić information content (AvgIpc) is 2.69. The van der Waals surface area contributed by atoms with Crippen LogP contribution in [0.15, 0.2) is 18.2 Å². The number of aromatic nitrogens is 1. The van der Waals surface area contributed by atoms with Crippen LogP contribution in [0, 0.1) is 0 Å². The first-order chi connectivity index (χ1) is 8.58. The predicted octanol–water partition coefficient (Wildman–Crippen LogP) is 2.01. The first-order valence-corrected chi connectivity index (χ1v) is 6.07. The highest BCUT2D eigenvalue weighted by Crippen LogP contribution is 2.27. The van der Waals surface area contributed by atoms with Gasteiger partial charge in [0.2, 0.25) is 5.91 Å². The third-order valence-electron chi connectivity index (χ3n) is 2.16. The van der Waals surface area contributed by atoms with Crippen LogP contribution in [0.3, 0.4) is 0 Å². The summed E-state index contributed by atoms with van der Waals surface area (Å²) >= 11 is 1.39. The molecule has 0 saturated carbocycles. The Morgan fingerprint density at radius 2 is 2.06 bits per heavy atom. The fourth-order valence-electron chi connectivity index (χ4n) is 1.40. The van der Waals surface area contributed by atoms with Crippen LogP contribution >= 0.6 is 11.3 Å². The Morgan fingerprint density at radius 3 is 2.72 bits per heavy atom. The number of anilines is 2. The van der Waals surface area contributed by atoms with Crippen molar-refractivity contribution in [3.8, 4) is 0 Å². The van der Waals surface area contributed by atoms with Crippen molar-refractivity contribution in [2.24, 2.45) is 0 Å². The second-order valence-corrected chi connectivity index (χ2v) is 4.62. The summed E-state index contributed by atoms with van der Waals surface area (Å²) < 4.78 is 0.946. The number of urea groups is 1. The molecule has 3 amide bonds. The molecule has 0 fully saturated rings. The van der Waals surface area contributed by atoms with Crippen LogP contribution in [0.2, 0.25) is 0 Å². The minimum absolute atomic E-state index is 0.155. The van der Waals surface area contributed by atoms with E-state index in [0.717, 1.165) is 10.2 Å². The lowest BCUT2D eigenvalue weighted by atomic mass is 10.3. The summed E-state index contributed by atoms with van der Waals surface area (Å²) in [5.41, 5.74) is 1.39. The van der Waals surface area contributed by atoms with Gasteiger partial charge in [-0.2, -0.15) is 0 Å². The van der Waals surface area contributed by atoms with Crippen LogP contribution in [-0.4, -0.2) is 24.0 Å². The average molecular weight is 264 g/mol. The van der Waals surface area contributed by atoms with Gasteiger partial charge in [0.15, 0.2) is 5.13 Å². The number of nitrogens with one attached hydrogen (secondary N) is 3. The molecule has 0 aliphatic heterocycles. The molecule has 0 unspecified atom stereocenters. The Bertz CT molecular complexity index is 608. The molecule has 1 aromatic carbocycles. The van der Waals surface area contributed by atoms with E-state index in [1.165, 1.54) is 18.3 Å². The van der Waals surface area contributed by atoms with Crippen LogP contribution in [0.25, 0.3) is 10.2 Å². The van der Waals surface area contributed by atoms with E-state index >= 15 is 0 Å². The molecule has 0 saturated heterocycles. The Labute approximate surface area is 107 Å². The van der Waals surface area contributed by atoms with Gasteiger partial charge in [0.05, 0.1) is 10.2 Å². The summed E-state index contributed by atoms with van der Waals surface area (Å²) in [6.45, 7) is 1.44. The Morgan fingerprint density at radius 1 is 1.28 bits per heavy atom. The number of hydrogen-bond acceptors (Lipinski definition) is 4. The minimum atomic E-state index is -0.285. The molecule has 6 nitrogen and oxygen atoms in total. The number of rotatable bonds is 2. The highest BCUT2D eigenvalue weighted by Gasteiger charge is 2.06. The SMILES string of the molecule is CNC(=O)Nc1ccc2sc(NC(C)=O)nc2c1. The van der Waals surface area contributed by atoms with Gasteiger partial charge in [0.25, 0.3) is 0 Å². The molecule has 0 atom stereocenters. The number of thiazole rings is 1. The fourth-order valence-corrected chi connectivity index (χ4v) is 2.30. The molecule has 2 aromatic rings. The summed E-state index contributed by atoms with van der Waals surface area (Å²) in [6.07, 6.45) is 0. The molecular weight excluding hydrogens is 252 g/mol. The van der Waals surface area contributed by atoms with E-state index in [9.17, 15) is 9.59 Å². The first kappa shape index (κ1) is 12.3. The van der Waals surface area contributed by atoms with Crippen molar-refractivity contribution in [3.63, 3.8) is 0 Å². The van der Waals surface area contributed by atoms with Gasteiger partial charge < -0.3 is 16.0 Å². The van der Waals surface area contributed by atoms with E-state index in [1.807, 2.05) is 6.07 Å². The maximum absolute atomic E-state index is 11.2. The van der Waals surface area contributed by atoms with Crippen molar-refractivity contribution >= 4 is 44.3 Å². The molecule has 18 heavy (non-hydrogen) atoms. The number of hydrogen-bond donors (Lipinski definition) is 3. The van der Waals surface area contributed by atoms with Gasteiger partial charge in [0.1, 0.15) is 0 Å². The number of carbonyl (C=O) groups excluding carboxylic acids is 2. The zero-order chi connectivity index (χ0) is 13.1. The zero-order valence-corrected chi connectivity index (χ0v) is 10.7. The lowest BCUT2D eigenvalue weighted by Gasteiger charge is -2.02. The Hall–Kier alpha value is -2.15. The van der Waals surface area contributed by atoms with Crippen LogP contribution in [-0.2, 0) is 4.79 Å². The van der Waals surface area contributed by atoms with Crippen molar-refractivity contribution in [2.75, 3.05) is 17.7 Å². The van der Waals surface area contributed by atoms with E-state index in [-0.39, 0.29) is 11.9 Å². The van der Waals surface area contributed by atoms with Crippen LogP contribution in [0.5, 0.6) is 0 Å². The van der Waals surface area contributed by atoms with Crippen LogP contribution in [0.1, 0.15) is 6.92 Å². The quantitative estimate of drug-likeness (QED) is 0.775. The van der Waals surface area contributed by atoms with Crippen molar-refractivity contribution in [1.82, 2.24) is 10.3 Å². The molecule has 7 heteroatoms. The van der Waals surface area contributed by atoms with Crippen molar-refractivity contribution in [1.29, 1.82) is 0 Å². The largest absolute Gasteiger partial charge is 0.341 e. The second kappa shape index (κ2) is 5.01. The maximum Gasteiger partial charge on any atom is 0.318 e. The third-order valence-corrected chi connectivity index (χ3v) is 3.11. The second-order valence-electron chi connectivity index (χ2n) is 3.59. The Balaban J connectivity index is 2.27. The standard InChI is InChI=1S/C11H12N4O2S/c1-6(16)13-11-15-8-5-7(14-10(17)12-2)3-4-9(8)18-11/h3-5H,1-2H3,(H2,12,14,17)(H,13,15,16). The molecule has 1 heterocycles. The van der Waals surface area contributed by atoms with Crippen LogP contribution < -0.4 is 16.0 Å². The number of benzene rings is 1. The van der Waals surface area contributed by atoms with E-state index in [0.29, 0.717) is 10.8 Å². The van der Waals surface area contributed by atoms with Gasteiger partial charge in [-0.25, -0.2) is 9.78 Å². The normalized spacial score (nSPS) is 10.1. The molecule has 0 aliphatic carbocycles. The van der Waals surface area contributed by atoms with E-state index in [4.69, 9.17) is 0 Å². The first-order valence-electron chi connectivity index (χ1n) is 5.25. The van der Waals surface area contributed by atoms with E-state index in [1.54, 1.807) is 19.2 Å². The molecular formula is C11H12N4O2S. The minimum Gasteiger partial charge on any atom is -0.341 e. The highest BCUT2D eigenvalue weighted by molar-refractivity contribution is 7.22. The molecule has 0 bridgehead atoms. The lowest BCUT2D eigenvalue weighted by molar-refractivity contribution is -0.114. The van der Waals surface area contributed by atoms with E-state index in [2.05, 4.69) is 20.9 Å². The summed E-state index contributed by atoms with van der Waals surface area (Å²) in [7, 11) is 1.55. The molecule has 1 aromatic heterocycles.